The summed E-state index contributed by atoms with van der Waals surface area (Å²) in [5.41, 5.74) is 2.42. The van der Waals surface area contributed by atoms with Crippen LogP contribution in [0, 0.1) is 0 Å². The minimum atomic E-state index is -0.0964. The van der Waals surface area contributed by atoms with Crippen molar-refractivity contribution in [2.45, 2.75) is 6.04 Å². The van der Waals surface area contributed by atoms with E-state index in [-0.39, 0.29) is 11.6 Å². The standard InChI is InChI=1S/C22H25N5O3/c1-26-21(28)13-18(15-6-8-23-9-7-15)25-22(26)27-11-10-24-19(14-27)17-12-16(29-2)4-5-20(17)30-3/h4-9,12-13,19,24H,10-11,14H2,1-3H3. The Labute approximate surface area is 175 Å². The van der Waals surface area contributed by atoms with Crippen LogP contribution in [0.5, 0.6) is 11.5 Å². The highest BCUT2D eigenvalue weighted by molar-refractivity contribution is 5.59. The van der Waals surface area contributed by atoms with Gasteiger partial charge in [0.1, 0.15) is 11.5 Å². The summed E-state index contributed by atoms with van der Waals surface area (Å²) in [5, 5.41) is 3.54. The van der Waals surface area contributed by atoms with E-state index in [2.05, 4.69) is 15.2 Å². The van der Waals surface area contributed by atoms with Crippen LogP contribution in [0.15, 0.2) is 53.6 Å². The molecule has 156 valence electrons. The highest BCUT2D eigenvalue weighted by atomic mass is 16.5. The fraction of sp³-hybridized carbons (Fsp3) is 0.318. The molecule has 0 bridgehead atoms. The molecule has 1 atom stereocenters. The first-order valence-corrected chi connectivity index (χ1v) is 9.79. The second-order valence-electron chi connectivity index (χ2n) is 7.14. The van der Waals surface area contributed by atoms with Crippen molar-refractivity contribution in [3.8, 4) is 22.8 Å². The van der Waals surface area contributed by atoms with Gasteiger partial charge in [-0.25, -0.2) is 4.98 Å². The molecule has 2 aromatic heterocycles. The minimum Gasteiger partial charge on any atom is -0.497 e. The molecular weight excluding hydrogens is 382 g/mol. The summed E-state index contributed by atoms with van der Waals surface area (Å²) in [6, 6.07) is 11.0. The second kappa shape index (κ2) is 8.54. The molecule has 0 amide bonds. The Morgan fingerprint density at radius 2 is 1.90 bits per heavy atom. The molecule has 8 nitrogen and oxygen atoms in total. The van der Waals surface area contributed by atoms with Gasteiger partial charge in [-0.3, -0.25) is 14.3 Å². The number of aromatic nitrogens is 3. The van der Waals surface area contributed by atoms with Crippen LogP contribution in [-0.4, -0.2) is 48.4 Å². The summed E-state index contributed by atoms with van der Waals surface area (Å²) in [6.45, 7) is 2.13. The van der Waals surface area contributed by atoms with E-state index >= 15 is 0 Å². The number of piperazine rings is 1. The molecule has 3 heterocycles. The summed E-state index contributed by atoms with van der Waals surface area (Å²) in [5.74, 6) is 2.21. The zero-order chi connectivity index (χ0) is 21.1. The van der Waals surface area contributed by atoms with Crippen molar-refractivity contribution in [3.63, 3.8) is 0 Å². The number of anilines is 1. The van der Waals surface area contributed by atoms with Gasteiger partial charge in [0.05, 0.1) is 26.0 Å². The zero-order valence-corrected chi connectivity index (χ0v) is 17.3. The molecule has 8 heteroatoms. The normalized spacial score (nSPS) is 16.4. The topological polar surface area (TPSA) is 81.5 Å². The quantitative estimate of drug-likeness (QED) is 0.693. The SMILES string of the molecule is COc1ccc(OC)c(C2CN(c3nc(-c4ccncc4)cc(=O)n3C)CCN2)c1. The number of hydrogen-bond acceptors (Lipinski definition) is 7. The maximum atomic E-state index is 12.6. The average Bonchev–Trinajstić information content (AvgIpc) is 2.81. The number of benzene rings is 1. The predicted octanol–water partition coefficient (Wildman–Crippen LogP) is 2.01. The maximum absolute atomic E-state index is 12.6. The van der Waals surface area contributed by atoms with E-state index in [1.165, 1.54) is 0 Å². The van der Waals surface area contributed by atoms with Crippen molar-refractivity contribution < 1.29 is 9.47 Å². The molecule has 1 saturated heterocycles. The van der Waals surface area contributed by atoms with E-state index in [4.69, 9.17) is 14.5 Å². The molecule has 30 heavy (non-hydrogen) atoms. The van der Waals surface area contributed by atoms with Gasteiger partial charge in [-0.1, -0.05) is 0 Å². The van der Waals surface area contributed by atoms with Gasteiger partial charge in [-0.05, 0) is 30.3 Å². The van der Waals surface area contributed by atoms with Crippen molar-refractivity contribution >= 4 is 5.95 Å². The first-order valence-electron chi connectivity index (χ1n) is 9.79. The van der Waals surface area contributed by atoms with Crippen molar-refractivity contribution in [1.82, 2.24) is 19.9 Å². The summed E-state index contributed by atoms with van der Waals surface area (Å²) < 4.78 is 12.6. The Bertz CT molecular complexity index is 1080. The number of nitrogens with zero attached hydrogens (tertiary/aromatic N) is 4. The van der Waals surface area contributed by atoms with E-state index in [1.807, 2.05) is 30.3 Å². The maximum Gasteiger partial charge on any atom is 0.255 e. The largest absolute Gasteiger partial charge is 0.497 e. The van der Waals surface area contributed by atoms with Gasteiger partial charge in [0, 0.05) is 56.3 Å². The van der Waals surface area contributed by atoms with E-state index < -0.39 is 0 Å². The number of pyridine rings is 1. The third-order valence-corrected chi connectivity index (χ3v) is 5.36. The van der Waals surface area contributed by atoms with Crippen molar-refractivity contribution in [3.05, 3.63) is 64.7 Å². The fourth-order valence-electron chi connectivity index (χ4n) is 3.73. The lowest BCUT2D eigenvalue weighted by Gasteiger charge is -2.35. The van der Waals surface area contributed by atoms with Crippen molar-refractivity contribution in [2.75, 3.05) is 38.8 Å². The van der Waals surface area contributed by atoms with Crippen LogP contribution in [0.25, 0.3) is 11.3 Å². The van der Waals surface area contributed by atoms with Gasteiger partial charge in [0.2, 0.25) is 5.95 Å². The molecule has 0 spiro atoms. The van der Waals surface area contributed by atoms with Crippen LogP contribution in [-0.2, 0) is 7.05 Å². The Morgan fingerprint density at radius 3 is 2.63 bits per heavy atom. The Kier molecular flexibility index (Phi) is 5.67. The predicted molar refractivity (Wildman–Crippen MR) is 115 cm³/mol. The molecule has 0 aliphatic carbocycles. The Hall–Kier alpha value is -3.39. The van der Waals surface area contributed by atoms with Crippen LogP contribution in [0.4, 0.5) is 5.95 Å². The smallest absolute Gasteiger partial charge is 0.255 e. The van der Waals surface area contributed by atoms with Crippen LogP contribution in [0.2, 0.25) is 0 Å². The zero-order valence-electron chi connectivity index (χ0n) is 17.3. The van der Waals surface area contributed by atoms with E-state index in [0.717, 1.165) is 35.7 Å². The number of nitrogens with one attached hydrogen (secondary N) is 1. The minimum absolute atomic E-state index is 0.00489. The third kappa shape index (κ3) is 3.86. The summed E-state index contributed by atoms with van der Waals surface area (Å²) >= 11 is 0. The van der Waals surface area contributed by atoms with Crippen LogP contribution in [0.1, 0.15) is 11.6 Å². The summed E-state index contributed by atoms with van der Waals surface area (Å²) in [4.78, 5) is 23.6. The molecular formula is C22H25N5O3. The molecule has 1 aromatic carbocycles. The lowest BCUT2D eigenvalue weighted by molar-refractivity contribution is 0.382. The number of ether oxygens (including phenoxy) is 2. The molecule has 1 unspecified atom stereocenters. The Balaban J connectivity index is 1.69. The first-order chi connectivity index (χ1) is 14.6. The van der Waals surface area contributed by atoms with Crippen LogP contribution < -0.4 is 25.2 Å². The first kappa shape index (κ1) is 19.9. The number of methoxy groups -OCH3 is 2. The van der Waals surface area contributed by atoms with Gasteiger partial charge in [-0.2, -0.15) is 0 Å². The molecule has 1 N–H and O–H groups in total. The van der Waals surface area contributed by atoms with E-state index in [1.54, 1.807) is 44.3 Å². The van der Waals surface area contributed by atoms with Gasteiger partial charge in [0.25, 0.3) is 5.56 Å². The second-order valence-corrected chi connectivity index (χ2v) is 7.14. The number of hydrogen-bond donors (Lipinski definition) is 1. The highest BCUT2D eigenvalue weighted by Crippen LogP contribution is 2.31. The van der Waals surface area contributed by atoms with Crippen molar-refractivity contribution in [2.24, 2.45) is 7.05 Å². The van der Waals surface area contributed by atoms with E-state index in [9.17, 15) is 4.79 Å². The Morgan fingerprint density at radius 1 is 1.10 bits per heavy atom. The molecule has 1 fully saturated rings. The average molecular weight is 407 g/mol. The molecule has 0 saturated carbocycles. The molecule has 0 radical (unpaired) electrons. The molecule has 3 aromatic rings. The monoisotopic (exact) mass is 407 g/mol. The summed E-state index contributed by atoms with van der Waals surface area (Å²) in [6.07, 6.45) is 3.40. The molecule has 4 rings (SSSR count). The fourth-order valence-corrected chi connectivity index (χ4v) is 3.73. The number of rotatable bonds is 5. The summed E-state index contributed by atoms with van der Waals surface area (Å²) in [7, 11) is 5.07. The van der Waals surface area contributed by atoms with Gasteiger partial charge >= 0.3 is 0 Å². The van der Waals surface area contributed by atoms with Crippen LogP contribution in [0.3, 0.4) is 0 Å². The molecule has 1 aliphatic heterocycles. The highest BCUT2D eigenvalue weighted by Gasteiger charge is 2.26. The van der Waals surface area contributed by atoms with Crippen molar-refractivity contribution in [1.29, 1.82) is 0 Å². The van der Waals surface area contributed by atoms with Gasteiger partial charge in [0.15, 0.2) is 0 Å². The molecule has 1 aliphatic rings. The lowest BCUT2D eigenvalue weighted by atomic mass is 10.0. The third-order valence-electron chi connectivity index (χ3n) is 5.36. The van der Waals surface area contributed by atoms with Crippen LogP contribution >= 0.6 is 0 Å². The van der Waals surface area contributed by atoms with E-state index in [0.29, 0.717) is 18.2 Å². The van der Waals surface area contributed by atoms with Gasteiger partial charge < -0.3 is 19.7 Å². The lowest BCUT2D eigenvalue weighted by Crippen LogP contribution is -2.47. The van der Waals surface area contributed by atoms with Gasteiger partial charge in [-0.15, -0.1) is 0 Å².